The Balaban J connectivity index is 1.92. The molecule has 0 saturated heterocycles. The first kappa shape index (κ1) is 20.6. The number of nitrogens with one attached hydrogen (secondary N) is 1. The fourth-order valence-corrected chi connectivity index (χ4v) is 2.98. The fraction of sp³-hybridized carbons (Fsp3) is 0.316. The van der Waals surface area contributed by atoms with Gasteiger partial charge in [-0.25, -0.2) is 8.42 Å². The molecule has 2 aromatic rings. The average Bonchev–Trinajstić information content (AvgIpc) is 2.65. The third-order valence-corrected chi connectivity index (χ3v) is 5.26. The van der Waals surface area contributed by atoms with Gasteiger partial charge in [0, 0.05) is 12.6 Å². The van der Waals surface area contributed by atoms with Crippen LogP contribution in [0.15, 0.2) is 48.5 Å². The van der Waals surface area contributed by atoms with Crippen LogP contribution < -0.4 is 19.1 Å². The number of ether oxygens (including phenoxy) is 2. The number of nitrogens with zero attached hydrogens (tertiary/aromatic N) is 1. The average molecular weight is 392 g/mol. The summed E-state index contributed by atoms with van der Waals surface area (Å²) in [5, 5.41) is 2.86. The lowest BCUT2D eigenvalue weighted by Crippen LogP contribution is -2.31. The van der Waals surface area contributed by atoms with E-state index in [2.05, 4.69) is 5.32 Å². The summed E-state index contributed by atoms with van der Waals surface area (Å²) in [5.74, 6) is 0.906. The summed E-state index contributed by atoms with van der Waals surface area (Å²) in [4.78, 5) is 12.1. The topological polar surface area (TPSA) is 84.9 Å². The number of rotatable bonds is 8. The molecule has 146 valence electrons. The molecule has 1 atom stereocenters. The third kappa shape index (κ3) is 5.62. The molecule has 8 heteroatoms. The lowest BCUT2D eigenvalue weighted by Gasteiger charge is -2.18. The quantitative estimate of drug-likeness (QED) is 0.745. The van der Waals surface area contributed by atoms with E-state index in [9.17, 15) is 13.2 Å². The van der Waals surface area contributed by atoms with Crippen molar-refractivity contribution in [1.82, 2.24) is 5.32 Å². The minimum atomic E-state index is -3.32. The molecule has 0 saturated carbocycles. The number of hydrogen-bond acceptors (Lipinski definition) is 5. The molecule has 7 nitrogen and oxygen atoms in total. The largest absolute Gasteiger partial charge is 0.496 e. The Kier molecular flexibility index (Phi) is 6.68. The van der Waals surface area contributed by atoms with Gasteiger partial charge in [0.15, 0.2) is 6.61 Å². The van der Waals surface area contributed by atoms with E-state index in [1.165, 1.54) is 11.4 Å². The zero-order chi connectivity index (χ0) is 20.0. The third-order valence-electron chi connectivity index (χ3n) is 4.05. The van der Waals surface area contributed by atoms with Crippen LogP contribution in [0.25, 0.3) is 0 Å². The summed E-state index contributed by atoms with van der Waals surface area (Å²) in [7, 11) is -0.267. The molecule has 0 radical (unpaired) electrons. The van der Waals surface area contributed by atoms with Crippen molar-refractivity contribution in [2.45, 2.75) is 13.0 Å². The van der Waals surface area contributed by atoms with Crippen molar-refractivity contribution in [3.05, 3.63) is 54.1 Å². The molecule has 27 heavy (non-hydrogen) atoms. The van der Waals surface area contributed by atoms with Gasteiger partial charge in [0.1, 0.15) is 11.5 Å². The van der Waals surface area contributed by atoms with E-state index in [1.54, 1.807) is 31.4 Å². The van der Waals surface area contributed by atoms with E-state index < -0.39 is 10.0 Å². The maximum absolute atomic E-state index is 12.1. The molecule has 0 spiro atoms. The van der Waals surface area contributed by atoms with E-state index in [-0.39, 0.29) is 18.6 Å². The Hall–Kier alpha value is -2.74. The zero-order valence-electron chi connectivity index (χ0n) is 15.8. The van der Waals surface area contributed by atoms with E-state index >= 15 is 0 Å². The minimum Gasteiger partial charge on any atom is -0.496 e. The van der Waals surface area contributed by atoms with Gasteiger partial charge in [-0.05, 0) is 37.3 Å². The highest BCUT2D eigenvalue weighted by atomic mass is 32.2. The summed E-state index contributed by atoms with van der Waals surface area (Å²) in [5.41, 5.74) is 1.39. The summed E-state index contributed by atoms with van der Waals surface area (Å²) >= 11 is 0. The van der Waals surface area contributed by atoms with Gasteiger partial charge < -0.3 is 14.8 Å². The number of benzene rings is 2. The number of carbonyl (C=O) groups is 1. The van der Waals surface area contributed by atoms with E-state index in [4.69, 9.17) is 9.47 Å². The van der Waals surface area contributed by atoms with Crippen molar-refractivity contribution in [3.63, 3.8) is 0 Å². The van der Waals surface area contributed by atoms with Gasteiger partial charge in [0.05, 0.1) is 25.1 Å². The number of sulfonamides is 1. The van der Waals surface area contributed by atoms with Crippen LogP contribution in [0.4, 0.5) is 5.69 Å². The van der Waals surface area contributed by atoms with E-state index in [0.717, 1.165) is 11.8 Å². The van der Waals surface area contributed by atoms with Crippen molar-refractivity contribution in [2.75, 3.05) is 31.3 Å². The van der Waals surface area contributed by atoms with Crippen molar-refractivity contribution in [3.8, 4) is 11.5 Å². The van der Waals surface area contributed by atoms with Crippen LogP contribution in [-0.4, -0.2) is 41.3 Å². The lowest BCUT2D eigenvalue weighted by atomic mass is 10.1. The first-order chi connectivity index (χ1) is 12.7. The van der Waals surface area contributed by atoms with Gasteiger partial charge in [-0.15, -0.1) is 0 Å². The Morgan fingerprint density at radius 1 is 1.15 bits per heavy atom. The van der Waals surface area contributed by atoms with Crippen molar-refractivity contribution < 1.29 is 22.7 Å². The molecule has 2 aromatic carbocycles. The van der Waals surface area contributed by atoms with Crippen LogP contribution in [0.5, 0.6) is 11.5 Å². The van der Waals surface area contributed by atoms with Gasteiger partial charge >= 0.3 is 0 Å². The number of methoxy groups -OCH3 is 1. The molecule has 2 rings (SSSR count). The number of carbonyl (C=O) groups excluding carboxylic acids is 1. The van der Waals surface area contributed by atoms with Crippen LogP contribution in [0.2, 0.25) is 0 Å². The SMILES string of the molecule is COc1ccccc1[C@@H](C)NC(=O)COc1ccc(N(C)S(C)(=O)=O)cc1. The van der Waals surface area contributed by atoms with E-state index in [0.29, 0.717) is 17.2 Å². The predicted octanol–water partition coefficient (Wildman–Crippen LogP) is 2.35. The number of amides is 1. The Labute approximate surface area is 160 Å². The molecule has 0 heterocycles. The maximum Gasteiger partial charge on any atom is 0.258 e. The second kappa shape index (κ2) is 8.77. The van der Waals surface area contributed by atoms with Crippen molar-refractivity contribution in [1.29, 1.82) is 0 Å². The van der Waals surface area contributed by atoms with Gasteiger partial charge in [-0.3, -0.25) is 9.10 Å². The van der Waals surface area contributed by atoms with Crippen molar-refractivity contribution >= 4 is 21.6 Å². The predicted molar refractivity (Wildman–Crippen MR) is 105 cm³/mol. The van der Waals surface area contributed by atoms with Crippen LogP contribution >= 0.6 is 0 Å². The van der Waals surface area contributed by atoms with Crippen LogP contribution in [0.3, 0.4) is 0 Å². The minimum absolute atomic E-state index is 0.152. The Morgan fingerprint density at radius 3 is 2.37 bits per heavy atom. The molecule has 0 aliphatic heterocycles. The number of para-hydroxylation sites is 1. The molecule has 0 bridgehead atoms. The second-order valence-corrected chi connectivity index (χ2v) is 8.06. The highest BCUT2D eigenvalue weighted by molar-refractivity contribution is 7.92. The van der Waals surface area contributed by atoms with Gasteiger partial charge in [-0.2, -0.15) is 0 Å². The second-order valence-electron chi connectivity index (χ2n) is 6.04. The Bertz CT molecular complexity index is 881. The first-order valence-corrected chi connectivity index (χ1v) is 10.2. The van der Waals surface area contributed by atoms with Crippen molar-refractivity contribution in [2.24, 2.45) is 0 Å². The van der Waals surface area contributed by atoms with Crippen LogP contribution in [0, 0.1) is 0 Å². The number of hydrogen-bond donors (Lipinski definition) is 1. The highest BCUT2D eigenvalue weighted by Crippen LogP contribution is 2.24. The first-order valence-electron chi connectivity index (χ1n) is 8.31. The van der Waals surface area contributed by atoms with Crippen LogP contribution in [-0.2, 0) is 14.8 Å². The molecular weight excluding hydrogens is 368 g/mol. The summed E-state index contributed by atoms with van der Waals surface area (Å²) in [6.45, 7) is 1.71. The van der Waals surface area contributed by atoms with Gasteiger partial charge in [-0.1, -0.05) is 18.2 Å². The Morgan fingerprint density at radius 2 is 1.78 bits per heavy atom. The van der Waals surface area contributed by atoms with Gasteiger partial charge in [0.25, 0.3) is 5.91 Å². The molecule has 1 amide bonds. The molecule has 1 N–H and O–H groups in total. The van der Waals surface area contributed by atoms with Gasteiger partial charge in [0.2, 0.25) is 10.0 Å². The molecule has 0 aromatic heterocycles. The summed E-state index contributed by atoms with van der Waals surface area (Å²) < 4.78 is 35.0. The monoisotopic (exact) mass is 392 g/mol. The molecule has 0 aliphatic carbocycles. The standard InChI is InChI=1S/C19H24N2O5S/c1-14(17-7-5-6-8-18(17)25-3)20-19(22)13-26-16-11-9-15(10-12-16)21(2)27(4,23)24/h5-12,14H,13H2,1-4H3,(H,20,22)/t14-/m1/s1. The number of anilines is 1. The summed E-state index contributed by atoms with van der Waals surface area (Å²) in [6, 6.07) is 13.7. The maximum atomic E-state index is 12.1. The lowest BCUT2D eigenvalue weighted by molar-refractivity contribution is -0.123. The molecule has 0 unspecified atom stereocenters. The van der Waals surface area contributed by atoms with Crippen LogP contribution in [0.1, 0.15) is 18.5 Å². The smallest absolute Gasteiger partial charge is 0.258 e. The molecule has 0 aliphatic rings. The fourth-order valence-electron chi connectivity index (χ4n) is 2.48. The summed E-state index contributed by atoms with van der Waals surface area (Å²) in [6.07, 6.45) is 1.13. The van der Waals surface area contributed by atoms with E-state index in [1.807, 2.05) is 31.2 Å². The normalized spacial score (nSPS) is 12.1. The molecule has 0 fully saturated rings. The highest BCUT2D eigenvalue weighted by Gasteiger charge is 2.14. The zero-order valence-corrected chi connectivity index (χ0v) is 16.6. The molecular formula is C19H24N2O5S.